The van der Waals surface area contributed by atoms with Crippen LogP contribution in [0.25, 0.3) is 0 Å². The standard InChI is InChI=1S/C9H12ClFN2O2S.ClH/c1-6(5-12)13-16(14,15)9-3-2-7(11)4-8(9)10;/h2-4,6,13H,5,12H2,1H3;1H/t6-;/m1./s1. The highest BCUT2D eigenvalue weighted by Gasteiger charge is 2.19. The summed E-state index contributed by atoms with van der Waals surface area (Å²) in [6.45, 7) is 1.78. The van der Waals surface area contributed by atoms with Gasteiger partial charge >= 0.3 is 0 Å². The first kappa shape index (κ1) is 16.6. The highest BCUT2D eigenvalue weighted by Crippen LogP contribution is 2.22. The van der Waals surface area contributed by atoms with E-state index in [0.717, 1.165) is 18.2 Å². The van der Waals surface area contributed by atoms with Crippen LogP contribution in [0.5, 0.6) is 0 Å². The van der Waals surface area contributed by atoms with E-state index in [4.69, 9.17) is 17.3 Å². The van der Waals surface area contributed by atoms with Gasteiger partial charge in [-0.2, -0.15) is 0 Å². The molecule has 1 atom stereocenters. The Morgan fingerprint density at radius 1 is 1.53 bits per heavy atom. The van der Waals surface area contributed by atoms with Gasteiger partial charge < -0.3 is 5.73 Å². The topological polar surface area (TPSA) is 72.2 Å². The van der Waals surface area contributed by atoms with Gasteiger partial charge in [0.15, 0.2) is 0 Å². The van der Waals surface area contributed by atoms with Crippen molar-refractivity contribution in [2.45, 2.75) is 17.9 Å². The van der Waals surface area contributed by atoms with Gasteiger partial charge in [0.2, 0.25) is 10.0 Å². The number of benzene rings is 1. The third kappa shape index (κ3) is 4.40. The van der Waals surface area contributed by atoms with E-state index in [1.165, 1.54) is 0 Å². The molecule has 3 N–H and O–H groups in total. The smallest absolute Gasteiger partial charge is 0.242 e. The van der Waals surface area contributed by atoms with E-state index < -0.39 is 21.9 Å². The number of nitrogens with one attached hydrogen (secondary N) is 1. The predicted octanol–water partition coefficient (Wildman–Crippen LogP) is 1.53. The van der Waals surface area contributed by atoms with Gasteiger partial charge in [-0.05, 0) is 25.1 Å². The first-order chi connectivity index (χ1) is 7.36. The van der Waals surface area contributed by atoms with E-state index in [0.29, 0.717) is 0 Å². The molecule has 0 heterocycles. The number of hydrogen-bond acceptors (Lipinski definition) is 3. The van der Waals surface area contributed by atoms with Gasteiger partial charge in [-0.3, -0.25) is 0 Å². The van der Waals surface area contributed by atoms with Crippen LogP contribution in [0.15, 0.2) is 23.1 Å². The normalized spacial score (nSPS) is 12.9. The summed E-state index contributed by atoms with van der Waals surface area (Å²) in [5, 5.41) is -0.156. The maximum absolute atomic E-state index is 12.7. The molecule has 0 saturated heterocycles. The predicted molar refractivity (Wildman–Crippen MR) is 67.5 cm³/mol. The van der Waals surface area contributed by atoms with Crippen LogP contribution in [0.1, 0.15) is 6.92 Å². The molecule has 17 heavy (non-hydrogen) atoms. The van der Waals surface area contributed by atoms with Gasteiger partial charge in [-0.15, -0.1) is 12.4 Å². The highest BCUT2D eigenvalue weighted by molar-refractivity contribution is 7.89. The summed E-state index contributed by atoms with van der Waals surface area (Å²) in [7, 11) is -3.75. The van der Waals surface area contributed by atoms with Crippen LogP contribution in [0.3, 0.4) is 0 Å². The van der Waals surface area contributed by atoms with Gasteiger partial charge in [0.1, 0.15) is 10.7 Å². The van der Waals surface area contributed by atoms with E-state index in [9.17, 15) is 12.8 Å². The lowest BCUT2D eigenvalue weighted by Crippen LogP contribution is -2.37. The zero-order valence-electron chi connectivity index (χ0n) is 8.98. The average Bonchev–Trinajstić information content (AvgIpc) is 2.16. The van der Waals surface area contributed by atoms with Crippen molar-refractivity contribution in [2.75, 3.05) is 6.54 Å². The van der Waals surface area contributed by atoms with Gasteiger partial charge in [-0.25, -0.2) is 17.5 Å². The monoisotopic (exact) mass is 302 g/mol. The van der Waals surface area contributed by atoms with Crippen LogP contribution < -0.4 is 10.5 Å². The summed E-state index contributed by atoms with van der Waals surface area (Å²) >= 11 is 5.65. The first-order valence-corrected chi connectivity index (χ1v) is 6.40. The lowest BCUT2D eigenvalue weighted by molar-refractivity contribution is 0.562. The molecule has 0 bridgehead atoms. The molecule has 0 aromatic heterocycles. The molecule has 0 fully saturated rings. The molecule has 8 heteroatoms. The van der Waals surface area contributed by atoms with Crippen LogP contribution in [0.4, 0.5) is 4.39 Å². The summed E-state index contributed by atoms with van der Waals surface area (Å²) in [6.07, 6.45) is 0. The van der Waals surface area contributed by atoms with Gasteiger partial charge in [0, 0.05) is 12.6 Å². The van der Waals surface area contributed by atoms with Crippen molar-refractivity contribution < 1.29 is 12.8 Å². The number of nitrogens with two attached hydrogens (primary N) is 1. The van der Waals surface area contributed by atoms with E-state index in [-0.39, 0.29) is 28.9 Å². The van der Waals surface area contributed by atoms with Gasteiger partial charge in [0.05, 0.1) is 5.02 Å². The Morgan fingerprint density at radius 3 is 2.59 bits per heavy atom. The zero-order chi connectivity index (χ0) is 12.3. The third-order valence-electron chi connectivity index (χ3n) is 1.89. The van der Waals surface area contributed by atoms with Crippen LogP contribution >= 0.6 is 24.0 Å². The van der Waals surface area contributed by atoms with E-state index in [1.54, 1.807) is 6.92 Å². The minimum absolute atomic E-state index is 0. The summed E-state index contributed by atoms with van der Waals surface area (Å²) in [5.41, 5.74) is 5.30. The fraction of sp³-hybridized carbons (Fsp3) is 0.333. The lowest BCUT2D eigenvalue weighted by Gasteiger charge is -2.12. The number of rotatable bonds is 4. The zero-order valence-corrected chi connectivity index (χ0v) is 11.4. The van der Waals surface area contributed by atoms with Crippen molar-refractivity contribution in [3.8, 4) is 0 Å². The fourth-order valence-electron chi connectivity index (χ4n) is 1.07. The van der Waals surface area contributed by atoms with Crippen molar-refractivity contribution in [3.05, 3.63) is 29.0 Å². The third-order valence-corrected chi connectivity index (χ3v) is 3.97. The second kappa shape index (κ2) is 6.51. The second-order valence-electron chi connectivity index (χ2n) is 3.33. The number of hydrogen-bond donors (Lipinski definition) is 2. The van der Waals surface area contributed by atoms with Crippen molar-refractivity contribution in [2.24, 2.45) is 5.73 Å². The van der Waals surface area contributed by atoms with E-state index in [2.05, 4.69) is 4.72 Å². The van der Waals surface area contributed by atoms with Gasteiger partial charge in [0.25, 0.3) is 0 Å². The minimum Gasteiger partial charge on any atom is -0.329 e. The number of sulfonamides is 1. The molecule has 1 aromatic carbocycles. The molecule has 0 spiro atoms. The fourth-order valence-corrected chi connectivity index (χ4v) is 2.86. The second-order valence-corrected chi connectivity index (χ2v) is 5.42. The summed E-state index contributed by atoms with van der Waals surface area (Å²) in [5.74, 6) is -0.587. The molecule has 0 aliphatic rings. The first-order valence-electron chi connectivity index (χ1n) is 4.54. The van der Waals surface area contributed by atoms with Crippen LogP contribution in [-0.4, -0.2) is 21.0 Å². The molecule has 4 nitrogen and oxygen atoms in total. The highest BCUT2D eigenvalue weighted by atomic mass is 35.5. The SMILES string of the molecule is C[C@H](CN)NS(=O)(=O)c1ccc(F)cc1Cl.Cl. The van der Waals surface area contributed by atoms with Crippen molar-refractivity contribution >= 4 is 34.0 Å². The van der Waals surface area contributed by atoms with Gasteiger partial charge in [-0.1, -0.05) is 11.6 Å². The summed E-state index contributed by atoms with van der Waals surface area (Å²) in [6, 6.07) is 2.69. The minimum atomic E-state index is -3.75. The average molecular weight is 303 g/mol. The van der Waals surface area contributed by atoms with Crippen molar-refractivity contribution in [3.63, 3.8) is 0 Å². The molecule has 0 aliphatic carbocycles. The molecule has 1 aromatic rings. The van der Waals surface area contributed by atoms with E-state index >= 15 is 0 Å². The molecule has 0 radical (unpaired) electrons. The Morgan fingerprint density at radius 2 is 2.12 bits per heavy atom. The Labute approximate surface area is 111 Å². The molecule has 0 amide bonds. The van der Waals surface area contributed by atoms with Crippen molar-refractivity contribution in [1.29, 1.82) is 0 Å². The molecule has 0 saturated carbocycles. The Balaban J connectivity index is 0.00000256. The molecular formula is C9H13Cl2FN2O2S. The molecule has 98 valence electrons. The molecular weight excluding hydrogens is 290 g/mol. The van der Waals surface area contributed by atoms with Crippen LogP contribution in [0.2, 0.25) is 5.02 Å². The Hall–Kier alpha value is -0.400. The largest absolute Gasteiger partial charge is 0.329 e. The number of halogens is 3. The van der Waals surface area contributed by atoms with E-state index in [1.807, 2.05) is 0 Å². The van der Waals surface area contributed by atoms with Crippen LogP contribution in [0, 0.1) is 5.82 Å². The Bertz CT molecular complexity index is 482. The Kier molecular flexibility index (Phi) is 6.36. The lowest BCUT2D eigenvalue weighted by atomic mass is 10.3. The van der Waals surface area contributed by atoms with Crippen LogP contribution in [-0.2, 0) is 10.0 Å². The maximum Gasteiger partial charge on any atom is 0.242 e. The molecule has 0 aliphatic heterocycles. The van der Waals surface area contributed by atoms with Crippen molar-refractivity contribution in [1.82, 2.24) is 4.72 Å². The summed E-state index contributed by atoms with van der Waals surface area (Å²) < 4.78 is 38.6. The molecule has 1 rings (SSSR count). The quantitative estimate of drug-likeness (QED) is 0.886. The molecule has 0 unspecified atom stereocenters. The maximum atomic E-state index is 12.7. The summed E-state index contributed by atoms with van der Waals surface area (Å²) in [4.78, 5) is -0.157.